The largest absolute Gasteiger partial charge is 0.416 e. The third-order valence-electron chi connectivity index (χ3n) is 3.64. The van der Waals surface area contributed by atoms with Crippen LogP contribution in [0.4, 0.5) is 19.2 Å². The number of nitrogens with one attached hydrogen (secondary N) is 1. The zero-order valence-electron chi connectivity index (χ0n) is 14.2. The lowest BCUT2D eigenvalue weighted by atomic mass is 10.1. The van der Waals surface area contributed by atoms with E-state index < -0.39 is 27.5 Å². The molecule has 146 valence electrons. The number of aromatic nitrogens is 2. The third kappa shape index (κ3) is 4.19. The zero-order valence-corrected chi connectivity index (χ0v) is 15.0. The van der Waals surface area contributed by atoms with Crippen LogP contribution in [-0.2, 0) is 16.0 Å². The van der Waals surface area contributed by atoms with Gasteiger partial charge in [0.2, 0.25) is 0 Å². The highest BCUT2D eigenvalue weighted by Gasteiger charge is 2.30. The molecule has 0 spiro atoms. The van der Waals surface area contributed by atoms with Crippen molar-refractivity contribution in [1.82, 2.24) is 10.2 Å². The number of benzene rings is 2. The molecule has 3 aromatic rings. The number of halogens is 3. The summed E-state index contributed by atoms with van der Waals surface area (Å²) in [4.78, 5) is 12.1. The highest BCUT2D eigenvalue weighted by molar-refractivity contribution is 7.90. The molecule has 0 aliphatic rings. The molecule has 0 radical (unpaired) electrons. The van der Waals surface area contributed by atoms with Crippen molar-refractivity contribution in [3.63, 3.8) is 0 Å². The summed E-state index contributed by atoms with van der Waals surface area (Å²) in [5.41, 5.74) is -0.779. The molecule has 0 bridgehead atoms. The number of carbonyl (C=O) groups excluding carboxylic acids is 1. The first-order valence-corrected chi connectivity index (χ1v) is 9.56. The minimum absolute atomic E-state index is 0.0285. The fraction of sp³-hybridized carbons (Fsp3) is 0.118. The Labute approximate surface area is 157 Å². The van der Waals surface area contributed by atoms with Crippen molar-refractivity contribution in [1.29, 1.82) is 0 Å². The SMILES string of the molecule is CS(=O)(=O)c1ccccc1-c1nnc(NC(=O)c2ccc(C(F)(F)F)cc2)o1. The summed E-state index contributed by atoms with van der Waals surface area (Å²) in [5.74, 6) is -0.899. The Balaban J connectivity index is 1.82. The molecule has 11 heteroatoms. The van der Waals surface area contributed by atoms with Gasteiger partial charge in [-0.05, 0) is 36.4 Å². The Morgan fingerprint density at radius 3 is 2.29 bits per heavy atom. The first kappa shape index (κ1) is 19.5. The average Bonchev–Trinajstić information content (AvgIpc) is 3.09. The standard InChI is InChI=1S/C17H12F3N3O4S/c1-28(25,26)13-5-3-2-4-12(13)15-22-23-16(27-15)21-14(24)10-6-8-11(9-7-10)17(18,19)20/h2-9H,1H3,(H,21,23,24). The van der Waals surface area contributed by atoms with Crippen LogP contribution < -0.4 is 5.32 Å². The lowest BCUT2D eigenvalue weighted by molar-refractivity contribution is -0.137. The van der Waals surface area contributed by atoms with Gasteiger partial charge in [0.15, 0.2) is 9.84 Å². The predicted octanol–water partition coefficient (Wildman–Crippen LogP) is 3.41. The highest BCUT2D eigenvalue weighted by Crippen LogP contribution is 2.29. The van der Waals surface area contributed by atoms with Gasteiger partial charge in [-0.2, -0.15) is 13.2 Å². The van der Waals surface area contributed by atoms with Crippen LogP contribution in [0, 0.1) is 0 Å². The number of rotatable bonds is 4. The van der Waals surface area contributed by atoms with Crippen molar-refractivity contribution in [2.45, 2.75) is 11.1 Å². The molecule has 1 heterocycles. The van der Waals surface area contributed by atoms with Gasteiger partial charge in [0, 0.05) is 11.8 Å². The molecule has 0 atom stereocenters. The molecular weight excluding hydrogens is 399 g/mol. The third-order valence-corrected chi connectivity index (χ3v) is 4.79. The molecule has 1 aromatic heterocycles. The molecule has 0 fully saturated rings. The maximum Gasteiger partial charge on any atom is 0.416 e. The number of anilines is 1. The minimum atomic E-state index is -4.51. The van der Waals surface area contributed by atoms with Crippen LogP contribution in [0.2, 0.25) is 0 Å². The minimum Gasteiger partial charge on any atom is -0.403 e. The Morgan fingerprint density at radius 2 is 1.68 bits per heavy atom. The van der Waals surface area contributed by atoms with Gasteiger partial charge < -0.3 is 4.42 Å². The molecule has 28 heavy (non-hydrogen) atoms. The molecule has 0 aliphatic heterocycles. The first-order chi connectivity index (χ1) is 13.1. The van der Waals surface area contributed by atoms with Crippen LogP contribution >= 0.6 is 0 Å². The van der Waals surface area contributed by atoms with Crippen molar-refractivity contribution >= 4 is 21.8 Å². The maximum atomic E-state index is 12.6. The summed E-state index contributed by atoms with van der Waals surface area (Å²) in [6.07, 6.45) is -3.49. The second-order valence-corrected chi connectivity index (χ2v) is 7.69. The van der Waals surface area contributed by atoms with Gasteiger partial charge in [-0.1, -0.05) is 17.2 Å². The van der Waals surface area contributed by atoms with E-state index in [-0.39, 0.29) is 27.9 Å². The van der Waals surface area contributed by atoms with E-state index in [1.807, 2.05) is 0 Å². The molecule has 1 amide bonds. The van der Waals surface area contributed by atoms with Crippen molar-refractivity contribution in [3.8, 4) is 11.5 Å². The Morgan fingerprint density at radius 1 is 1.04 bits per heavy atom. The number of hydrogen-bond donors (Lipinski definition) is 1. The van der Waals surface area contributed by atoms with E-state index in [0.717, 1.165) is 30.5 Å². The topological polar surface area (TPSA) is 102 Å². The summed E-state index contributed by atoms with van der Waals surface area (Å²) < 4.78 is 66.7. The Bertz CT molecular complexity index is 1120. The number of sulfone groups is 1. The number of hydrogen-bond acceptors (Lipinski definition) is 6. The predicted molar refractivity (Wildman–Crippen MR) is 92.2 cm³/mol. The Hall–Kier alpha value is -3.21. The van der Waals surface area contributed by atoms with Crippen LogP contribution in [0.15, 0.2) is 57.8 Å². The van der Waals surface area contributed by atoms with E-state index in [0.29, 0.717) is 0 Å². The first-order valence-electron chi connectivity index (χ1n) is 7.67. The van der Waals surface area contributed by atoms with Gasteiger partial charge in [-0.15, -0.1) is 5.10 Å². The molecule has 0 unspecified atom stereocenters. The van der Waals surface area contributed by atoms with Crippen LogP contribution in [0.5, 0.6) is 0 Å². The second kappa shape index (κ2) is 7.08. The van der Waals surface area contributed by atoms with Gasteiger partial charge in [0.05, 0.1) is 16.0 Å². The summed E-state index contributed by atoms with van der Waals surface area (Å²) >= 11 is 0. The lowest BCUT2D eigenvalue weighted by Crippen LogP contribution is -2.13. The summed E-state index contributed by atoms with van der Waals surface area (Å²) in [6.45, 7) is 0. The van der Waals surface area contributed by atoms with Crippen LogP contribution in [0.1, 0.15) is 15.9 Å². The highest BCUT2D eigenvalue weighted by atomic mass is 32.2. The average molecular weight is 411 g/mol. The van der Waals surface area contributed by atoms with Crippen molar-refractivity contribution in [3.05, 3.63) is 59.7 Å². The second-order valence-electron chi connectivity index (χ2n) is 5.71. The number of nitrogens with zero attached hydrogens (tertiary/aromatic N) is 2. The van der Waals surface area contributed by atoms with E-state index in [1.165, 1.54) is 18.2 Å². The lowest BCUT2D eigenvalue weighted by Gasteiger charge is -2.07. The molecule has 2 aromatic carbocycles. The van der Waals surface area contributed by atoms with Crippen LogP contribution in [-0.4, -0.2) is 30.8 Å². The number of alkyl halides is 3. The van der Waals surface area contributed by atoms with Gasteiger partial charge in [0.1, 0.15) is 0 Å². The summed E-state index contributed by atoms with van der Waals surface area (Å²) in [5, 5.41) is 9.58. The fourth-order valence-corrected chi connectivity index (χ4v) is 3.21. The molecule has 1 N–H and O–H groups in total. The van der Waals surface area contributed by atoms with E-state index in [2.05, 4.69) is 15.5 Å². The monoisotopic (exact) mass is 411 g/mol. The summed E-state index contributed by atoms with van der Waals surface area (Å²) in [6, 6.07) is 9.18. The van der Waals surface area contributed by atoms with E-state index in [4.69, 9.17) is 4.42 Å². The van der Waals surface area contributed by atoms with Gasteiger partial charge in [-0.3, -0.25) is 10.1 Å². The fourth-order valence-electron chi connectivity index (χ4n) is 2.33. The smallest absolute Gasteiger partial charge is 0.403 e. The van der Waals surface area contributed by atoms with Crippen molar-refractivity contribution < 1.29 is 30.8 Å². The zero-order chi connectivity index (χ0) is 20.5. The van der Waals surface area contributed by atoms with E-state index >= 15 is 0 Å². The van der Waals surface area contributed by atoms with Gasteiger partial charge in [0.25, 0.3) is 11.8 Å². The van der Waals surface area contributed by atoms with Gasteiger partial charge in [-0.25, -0.2) is 8.42 Å². The molecule has 0 aliphatic carbocycles. The van der Waals surface area contributed by atoms with Crippen LogP contribution in [0.25, 0.3) is 11.5 Å². The van der Waals surface area contributed by atoms with Crippen molar-refractivity contribution in [2.75, 3.05) is 11.6 Å². The van der Waals surface area contributed by atoms with Crippen molar-refractivity contribution in [2.24, 2.45) is 0 Å². The Kier molecular flexibility index (Phi) is 4.94. The molecule has 0 saturated carbocycles. The van der Waals surface area contributed by atoms with E-state index in [9.17, 15) is 26.4 Å². The molecule has 7 nitrogen and oxygen atoms in total. The molecule has 3 rings (SSSR count). The summed E-state index contributed by atoms with van der Waals surface area (Å²) in [7, 11) is -3.56. The van der Waals surface area contributed by atoms with Crippen LogP contribution in [0.3, 0.4) is 0 Å². The van der Waals surface area contributed by atoms with E-state index in [1.54, 1.807) is 6.07 Å². The normalized spacial score (nSPS) is 12.0. The molecular formula is C17H12F3N3O4S. The quantitative estimate of drug-likeness (QED) is 0.706. The number of amides is 1. The molecule has 0 saturated heterocycles. The maximum absolute atomic E-state index is 12.6. The van der Waals surface area contributed by atoms with Gasteiger partial charge >= 0.3 is 12.2 Å². The number of carbonyl (C=O) groups is 1.